The second kappa shape index (κ2) is 9.92. The molecule has 0 unspecified atom stereocenters. The van der Waals surface area contributed by atoms with E-state index in [0.717, 1.165) is 28.3 Å². The van der Waals surface area contributed by atoms with Gasteiger partial charge in [-0.2, -0.15) is 0 Å². The summed E-state index contributed by atoms with van der Waals surface area (Å²) in [6.07, 6.45) is 0. The van der Waals surface area contributed by atoms with E-state index in [0.29, 0.717) is 5.69 Å². The number of amides is 1. The van der Waals surface area contributed by atoms with Crippen molar-refractivity contribution in [2.24, 2.45) is 0 Å². The molecule has 0 aliphatic rings. The van der Waals surface area contributed by atoms with Gasteiger partial charge in [-0.05, 0) is 59.7 Å². The van der Waals surface area contributed by atoms with Crippen LogP contribution in [-0.4, -0.2) is 20.1 Å². The van der Waals surface area contributed by atoms with Crippen LogP contribution in [0.15, 0.2) is 109 Å². The normalized spacial score (nSPS) is 10.8. The molecule has 0 spiro atoms. The maximum absolute atomic E-state index is 14.1. The van der Waals surface area contributed by atoms with Crippen LogP contribution in [0.4, 0.5) is 11.4 Å². The van der Waals surface area contributed by atoms with Gasteiger partial charge >= 0.3 is 0 Å². The number of rotatable bonds is 8. The molecule has 0 bridgehead atoms. The molecular formula is C28H26N2O3. The summed E-state index contributed by atoms with van der Waals surface area (Å²) < 4.78 is 10.5. The van der Waals surface area contributed by atoms with Gasteiger partial charge in [0.1, 0.15) is 11.5 Å². The fourth-order valence-electron chi connectivity index (χ4n) is 3.80. The number of hydrogen-bond acceptors (Lipinski definition) is 4. The lowest BCUT2D eigenvalue weighted by Crippen LogP contribution is -2.48. The Kier molecular flexibility index (Phi) is 6.60. The summed E-state index contributed by atoms with van der Waals surface area (Å²) in [4.78, 5) is 14.1. The lowest BCUT2D eigenvalue weighted by molar-refractivity contribution is -0.119. The summed E-state index contributed by atoms with van der Waals surface area (Å²) in [5.74, 6) is 1.26. The predicted octanol–water partition coefficient (Wildman–Crippen LogP) is 5.70. The first kappa shape index (κ1) is 22.0. The molecule has 0 saturated heterocycles. The number of carbonyl (C=O) groups is 1. The highest BCUT2D eigenvalue weighted by atomic mass is 16.5. The van der Waals surface area contributed by atoms with Crippen molar-refractivity contribution in [1.82, 2.24) is 0 Å². The summed E-state index contributed by atoms with van der Waals surface area (Å²) in [6.45, 7) is 0. The fourth-order valence-corrected chi connectivity index (χ4v) is 3.80. The van der Waals surface area contributed by atoms with Gasteiger partial charge < -0.3 is 20.1 Å². The third kappa shape index (κ3) is 4.67. The fraction of sp³-hybridized carbons (Fsp3) is 0.107. The number of hydrogen-bond donors (Lipinski definition) is 2. The average Bonchev–Trinajstić information content (AvgIpc) is 2.89. The van der Waals surface area contributed by atoms with Crippen molar-refractivity contribution in [2.75, 3.05) is 24.9 Å². The van der Waals surface area contributed by atoms with E-state index in [1.807, 2.05) is 109 Å². The zero-order valence-electron chi connectivity index (χ0n) is 18.6. The number of nitrogens with one attached hydrogen (secondary N) is 2. The van der Waals surface area contributed by atoms with Crippen LogP contribution >= 0.6 is 0 Å². The highest BCUT2D eigenvalue weighted by Crippen LogP contribution is 2.36. The molecule has 4 aromatic carbocycles. The van der Waals surface area contributed by atoms with Gasteiger partial charge in [-0.1, -0.05) is 60.7 Å². The number of benzene rings is 4. The number of ether oxygens (including phenoxy) is 2. The largest absolute Gasteiger partial charge is 0.497 e. The smallest absolute Gasteiger partial charge is 0.259 e. The Labute approximate surface area is 194 Å². The van der Waals surface area contributed by atoms with Crippen LogP contribution in [-0.2, 0) is 10.3 Å². The molecule has 4 aromatic rings. The standard InChI is InChI=1S/C28H26N2O3/c1-32-25-17-13-23(14-18-25)29-27(31)28(21-9-5-3-6-10-21,22-11-7-4-8-12-22)30-24-15-19-26(33-2)20-16-24/h3-20,30H,1-2H3,(H,29,31). The van der Waals surface area contributed by atoms with E-state index in [2.05, 4.69) is 10.6 Å². The van der Waals surface area contributed by atoms with Gasteiger partial charge in [0.05, 0.1) is 14.2 Å². The van der Waals surface area contributed by atoms with E-state index >= 15 is 0 Å². The number of methoxy groups -OCH3 is 2. The molecule has 0 aliphatic heterocycles. The molecule has 0 fully saturated rings. The highest BCUT2D eigenvalue weighted by molar-refractivity contribution is 6.03. The molecule has 5 nitrogen and oxygen atoms in total. The van der Waals surface area contributed by atoms with Crippen LogP contribution in [0.5, 0.6) is 11.5 Å². The van der Waals surface area contributed by atoms with Crippen LogP contribution in [0.3, 0.4) is 0 Å². The SMILES string of the molecule is COc1ccc(NC(=O)C(Nc2ccc(OC)cc2)(c2ccccc2)c2ccccc2)cc1. The van der Waals surface area contributed by atoms with Gasteiger partial charge in [0.15, 0.2) is 5.54 Å². The number of anilines is 2. The highest BCUT2D eigenvalue weighted by Gasteiger charge is 2.42. The van der Waals surface area contributed by atoms with Crippen molar-refractivity contribution in [1.29, 1.82) is 0 Å². The van der Waals surface area contributed by atoms with Crippen molar-refractivity contribution in [3.63, 3.8) is 0 Å². The first-order valence-corrected chi connectivity index (χ1v) is 10.6. The molecule has 1 amide bonds. The summed E-state index contributed by atoms with van der Waals surface area (Å²) in [5, 5.41) is 6.62. The number of carbonyl (C=O) groups excluding carboxylic acids is 1. The average molecular weight is 439 g/mol. The summed E-state index contributed by atoms with van der Waals surface area (Å²) in [5.41, 5.74) is 1.91. The minimum Gasteiger partial charge on any atom is -0.497 e. The predicted molar refractivity (Wildman–Crippen MR) is 132 cm³/mol. The van der Waals surface area contributed by atoms with E-state index in [4.69, 9.17) is 9.47 Å². The first-order valence-electron chi connectivity index (χ1n) is 10.6. The molecule has 0 atom stereocenters. The van der Waals surface area contributed by atoms with Crippen molar-refractivity contribution in [2.45, 2.75) is 5.54 Å². The lowest BCUT2D eigenvalue weighted by Gasteiger charge is -2.35. The Morgan fingerprint density at radius 1 is 0.606 bits per heavy atom. The zero-order chi connectivity index (χ0) is 23.1. The third-order valence-corrected chi connectivity index (χ3v) is 5.52. The second-order valence-electron chi connectivity index (χ2n) is 7.52. The monoisotopic (exact) mass is 438 g/mol. The van der Waals surface area contributed by atoms with E-state index in [1.54, 1.807) is 14.2 Å². The quantitative estimate of drug-likeness (QED) is 0.371. The summed E-state index contributed by atoms with van der Waals surface area (Å²) in [7, 11) is 3.24. The molecule has 166 valence electrons. The van der Waals surface area contributed by atoms with Gasteiger partial charge in [0.25, 0.3) is 5.91 Å². The van der Waals surface area contributed by atoms with Crippen LogP contribution in [0.25, 0.3) is 0 Å². The van der Waals surface area contributed by atoms with Crippen LogP contribution in [0, 0.1) is 0 Å². The van der Waals surface area contributed by atoms with Gasteiger partial charge in [0.2, 0.25) is 0 Å². The van der Waals surface area contributed by atoms with Gasteiger partial charge in [-0.15, -0.1) is 0 Å². The zero-order valence-corrected chi connectivity index (χ0v) is 18.6. The topological polar surface area (TPSA) is 59.6 Å². The van der Waals surface area contributed by atoms with Gasteiger partial charge in [-0.25, -0.2) is 0 Å². The Bertz CT molecular complexity index is 1140. The lowest BCUT2D eigenvalue weighted by atomic mass is 9.81. The second-order valence-corrected chi connectivity index (χ2v) is 7.52. The van der Waals surface area contributed by atoms with E-state index in [-0.39, 0.29) is 5.91 Å². The first-order chi connectivity index (χ1) is 16.2. The van der Waals surface area contributed by atoms with E-state index < -0.39 is 5.54 Å². The van der Waals surface area contributed by atoms with Crippen molar-refractivity contribution >= 4 is 17.3 Å². The molecule has 0 aliphatic carbocycles. The van der Waals surface area contributed by atoms with E-state index in [9.17, 15) is 4.79 Å². The Hall–Kier alpha value is -4.25. The molecular weight excluding hydrogens is 412 g/mol. The molecule has 4 rings (SSSR count). The van der Waals surface area contributed by atoms with Crippen LogP contribution in [0.1, 0.15) is 11.1 Å². The molecule has 0 aromatic heterocycles. The van der Waals surface area contributed by atoms with Crippen molar-refractivity contribution in [3.8, 4) is 11.5 Å². The molecule has 5 heteroatoms. The molecule has 2 N–H and O–H groups in total. The molecule has 0 heterocycles. The molecule has 0 saturated carbocycles. The van der Waals surface area contributed by atoms with Gasteiger partial charge in [-0.3, -0.25) is 4.79 Å². The maximum atomic E-state index is 14.1. The Balaban J connectivity index is 1.83. The van der Waals surface area contributed by atoms with Crippen molar-refractivity contribution < 1.29 is 14.3 Å². The minimum atomic E-state index is -1.18. The minimum absolute atomic E-state index is 0.208. The summed E-state index contributed by atoms with van der Waals surface area (Å²) >= 11 is 0. The summed E-state index contributed by atoms with van der Waals surface area (Å²) in [6, 6.07) is 34.3. The van der Waals surface area contributed by atoms with Gasteiger partial charge in [0, 0.05) is 11.4 Å². The molecule has 33 heavy (non-hydrogen) atoms. The molecule has 0 radical (unpaired) electrons. The third-order valence-electron chi connectivity index (χ3n) is 5.52. The Morgan fingerprint density at radius 2 is 1.03 bits per heavy atom. The Morgan fingerprint density at radius 3 is 1.45 bits per heavy atom. The van der Waals surface area contributed by atoms with Crippen LogP contribution < -0.4 is 20.1 Å². The maximum Gasteiger partial charge on any atom is 0.259 e. The van der Waals surface area contributed by atoms with Crippen LogP contribution in [0.2, 0.25) is 0 Å². The van der Waals surface area contributed by atoms with Crippen molar-refractivity contribution in [3.05, 3.63) is 120 Å². The van der Waals surface area contributed by atoms with E-state index in [1.165, 1.54) is 0 Å².